The Balaban J connectivity index is 2.07. The van der Waals surface area contributed by atoms with Crippen molar-refractivity contribution in [2.75, 3.05) is 39.8 Å². The Morgan fingerprint density at radius 1 is 1.15 bits per heavy atom. The Bertz CT molecular complexity index is 984. The van der Waals surface area contributed by atoms with Gasteiger partial charge in [-0.05, 0) is 48.6 Å². The van der Waals surface area contributed by atoms with E-state index in [1.165, 1.54) is 24.3 Å². The van der Waals surface area contributed by atoms with Crippen LogP contribution in [0.3, 0.4) is 0 Å². The summed E-state index contributed by atoms with van der Waals surface area (Å²) in [6, 6.07) is 10.3. The molecule has 2 aromatic rings. The standard InChI is InChI=1S/C23H29N3O6S/c1-25(12-10-16-8-9-20(31-2)21(14-16)32-3)23(28)19(11-13-33-4)24-22(27)17-6-5-7-18(15-17)26(29)30/h5-9,14-15,19H,10-13H2,1-4H3,(H,24,27). The minimum Gasteiger partial charge on any atom is -0.493 e. The molecule has 0 spiro atoms. The van der Waals surface area contributed by atoms with Gasteiger partial charge in [0.2, 0.25) is 5.91 Å². The van der Waals surface area contributed by atoms with Crippen LogP contribution in [0.15, 0.2) is 42.5 Å². The van der Waals surface area contributed by atoms with Crippen molar-refractivity contribution in [3.05, 3.63) is 63.7 Å². The van der Waals surface area contributed by atoms with E-state index in [9.17, 15) is 19.7 Å². The summed E-state index contributed by atoms with van der Waals surface area (Å²) in [5.41, 5.74) is 0.939. The number of carbonyl (C=O) groups excluding carboxylic acids is 2. The first-order chi connectivity index (χ1) is 15.8. The Morgan fingerprint density at radius 2 is 1.88 bits per heavy atom. The molecule has 0 radical (unpaired) electrons. The van der Waals surface area contributed by atoms with Gasteiger partial charge < -0.3 is 19.7 Å². The number of benzene rings is 2. The third-order valence-electron chi connectivity index (χ3n) is 5.09. The highest BCUT2D eigenvalue weighted by Crippen LogP contribution is 2.27. The fourth-order valence-corrected chi connectivity index (χ4v) is 3.68. The fraction of sp³-hybridized carbons (Fsp3) is 0.391. The second kappa shape index (κ2) is 12.7. The van der Waals surface area contributed by atoms with Crippen molar-refractivity contribution in [3.8, 4) is 11.5 Å². The molecule has 2 rings (SSSR count). The molecule has 1 atom stereocenters. The number of nitrogens with zero attached hydrogens (tertiary/aromatic N) is 2. The number of rotatable bonds is 12. The smallest absolute Gasteiger partial charge is 0.270 e. The van der Waals surface area contributed by atoms with E-state index in [2.05, 4.69) is 5.32 Å². The molecule has 0 aliphatic heterocycles. The zero-order valence-electron chi connectivity index (χ0n) is 19.2. The summed E-state index contributed by atoms with van der Waals surface area (Å²) >= 11 is 1.57. The first-order valence-electron chi connectivity index (χ1n) is 10.3. The van der Waals surface area contributed by atoms with Crippen LogP contribution in [-0.4, -0.2) is 67.5 Å². The van der Waals surface area contributed by atoms with Crippen molar-refractivity contribution in [3.63, 3.8) is 0 Å². The number of non-ortho nitro benzene ring substituents is 1. The number of ether oxygens (including phenoxy) is 2. The van der Waals surface area contributed by atoms with Crippen LogP contribution >= 0.6 is 11.8 Å². The number of hydrogen-bond acceptors (Lipinski definition) is 7. The summed E-state index contributed by atoms with van der Waals surface area (Å²) < 4.78 is 10.6. The lowest BCUT2D eigenvalue weighted by atomic mass is 10.1. The number of carbonyl (C=O) groups is 2. The van der Waals surface area contributed by atoms with Crippen molar-refractivity contribution in [2.24, 2.45) is 0 Å². The third kappa shape index (κ3) is 7.38. The highest BCUT2D eigenvalue weighted by atomic mass is 32.2. The lowest BCUT2D eigenvalue weighted by Crippen LogP contribution is -2.48. The van der Waals surface area contributed by atoms with Crippen LogP contribution in [0.5, 0.6) is 11.5 Å². The van der Waals surface area contributed by atoms with Gasteiger partial charge in [0, 0.05) is 31.3 Å². The maximum Gasteiger partial charge on any atom is 0.270 e. The third-order valence-corrected chi connectivity index (χ3v) is 5.74. The van der Waals surface area contributed by atoms with E-state index < -0.39 is 16.9 Å². The van der Waals surface area contributed by atoms with Gasteiger partial charge >= 0.3 is 0 Å². The first kappa shape index (κ1) is 26.0. The summed E-state index contributed by atoms with van der Waals surface area (Å²) in [6.07, 6.45) is 2.96. The highest BCUT2D eigenvalue weighted by molar-refractivity contribution is 7.98. The number of nitro benzene ring substituents is 1. The molecule has 1 N–H and O–H groups in total. The molecule has 1 unspecified atom stereocenters. The second-order valence-electron chi connectivity index (χ2n) is 7.31. The van der Waals surface area contributed by atoms with Crippen LogP contribution < -0.4 is 14.8 Å². The zero-order chi connectivity index (χ0) is 24.4. The van der Waals surface area contributed by atoms with Crippen LogP contribution in [-0.2, 0) is 11.2 Å². The topological polar surface area (TPSA) is 111 Å². The van der Waals surface area contributed by atoms with Gasteiger partial charge in [0.05, 0.1) is 19.1 Å². The van der Waals surface area contributed by atoms with E-state index >= 15 is 0 Å². The molecule has 0 saturated heterocycles. The van der Waals surface area contributed by atoms with Gasteiger partial charge in [-0.25, -0.2) is 0 Å². The lowest BCUT2D eigenvalue weighted by molar-refractivity contribution is -0.384. The fourth-order valence-electron chi connectivity index (χ4n) is 3.20. The van der Waals surface area contributed by atoms with Crippen LogP contribution in [0.25, 0.3) is 0 Å². The van der Waals surface area contributed by atoms with Gasteiger partial charge in [0.25, 0.3) is 11.6 Å². The van der Waals surface area contributed by atoms with E-state index in [0.717, 1.165) is 5.56 Å². The van der Waals surface area contributed by atoms with Gasteiger partial charge in [-0.1, -0.05) is 12.1 Å². The predicted molar refractivity (Wildman–Crippen MR) is 128 cm³/mol. The molecule has 0 fully saturated rings. The molecule has 0 aliphatic carbocycles. The molecule has 2 amide bonds. The Hall–Kier alpha value is -3.27. The average Bonchev–Trinajstić information content (AvgIpc) is 2.84. The Morgan fingerprint density at radius 3 is 2.52 bits per heavy atom. The van der Waals surface area contributed by atoms with Crippen LogP contribution in [0.1, 0.15) is 22.3 Å². The van der Waals surface area contributed by atoms with Gasteiger partial charge in [-0.3, -0.25) is 19.7 Å². The monoisotopic (exact) mass is 475 g/mol. The maximum atomic E-state index is 13.1. The molecule has 2 aromatic carbocycles. The molecule has 33 heavy (non-hydrogen) atoms. The van der Waals surface area contributed by atoms with Crippen molar-refractivity contribution >= 4 is 29.3 Å². The first-order valence-corrected chi connectivity index (χ1v) is 11.7. The summed E-state index contributed by atoms with van der Waals surface area (Å²) in [5.74, 6) is 1.18. The molecule has 0 aromatic heterocycles. The van der Waals surface area contributed by atoms with E-state index in [-0.39, 0.29) is 17.2 Å². The summed E-state index contributed by atoms with van der Waals surface area (Å²) in [5, 5.41) is 13.7. The molecule has 0 saturated carbocycles. The van der Waals surface area contributed by atoms with Gasteiger partial charge in [0.15, 0.2) is 11.5 Å². The molecule has 0 bridgehead atoms. The number of nitro groups is 1. The highest BCUT2D eigenvalue weighted by Gasteiger charge is 2.25. The number of methoxy groups -OCH3 is 2. The van der Waals surface area contributed by atoms with E-state index in [1.807, 2.05) is 24.5 Å². The van der Waals surface area contributed by atoms with E-state index in [4.69, 9.17) is 9.47 Å². The SMILES string of the molecule is COc1ccc(CCN(C)C(=O)C(CCSC)NC(=O)c2cccc([N+](=O)[O-])c2)cc1OC. The lowest BCUT2D eigenvalue weighted by Gasteiger charge is -2.25. The van der Waals surface area contributed by atoms with Crippen molar-refractivity contribution in [1.82, 2.24) is 10.2 Å². The molecule has 0 aliphatic rings. The number of thioether (sulfide) groups is 1. The molecule has 9 nitrogen and oxygen atoms in total. The van der Waals surface area contributed by atoms with E-state index in [0.29, 0.717) is 36.6 Å². The number of amides is 2. The Kier molecular flexibility index (Phi) is 9.99. The minimum absolute atomic E-state index is 0.138. The van der Waals surface area contributed by atoms with Gasteiger partial charge in [-0.15, -0.1) is 0 Å². The quantitative estimate of drug-likeness (QED) is 0.371. The molecular formula is C23H29N3O6S. The Labute approximate surface area is 197 Å². The summed E-state index contributed by atoms with van der Waals surface area (Å²) in [4.78, 5) is 37.8. The normalized spacial score (nSPS) is 11.4. The second-order valence-corrected chi connectivity index (χ2v) is 8.30. The van der Waals surface area contributed by atoms with Gasteiger partial charge in [0.1, 0.15) is 6.04 Å². The van der Waals surface area contributed by atoms with Crippen molar-refractivity contribution < 1.29 is 24.0 Å². The zero-order valence-corrected chi connectivity index (χ0v) is 20.0. The summed E-state index contributed by atoms with van der Waals surface area (Å²) in [6.45, 7) is 0.441. The summed E-state index contributed by atoms with van der Waals surface area (Å²) in [7, 11) is 4.83. The van der Waals surface area contributed by atoms with Crippen molar-refractivity contribution in [1.29, 1.82) is 0 Å². The molecule has 0 heterocycles. The van der Waals surface area contributed by atoms with E-state index in [1.54, 1.807) is 37.9 Å². The molecule has 10 heteroatoms. The average molecular weight is 476 g/mol. The van der Waals surface area contributed by atoms with Crippen LogP contribution in [0, 0.1) is 10.1 Å². The maximum absolute atomic E-state index is 13.1. The number of hydrogen-bond donors (Lipinski definition) is 1. The van der Waals surface area contributed by atoms with Gasteiger partial charge in [-0.2, -0.15) is 11.8 Å². The predicted octanol–water partition coefficient (Wildman–Crippen LogP) is 3.16. The molecule has 178 valence electrons. The number of likely N-dealkylation sites (N-methyl/N-ethyl adjacent to an activating group) is 1. The van der Waals surface area contributed by atoms with Crippen LogP contribution in [0.4, 0.5) is 5.69 Å². The van der Waals surface area contributed by atoms with Crippen LogP contribution in [0.2, 0.25) is 0 Å². The molecular weight excluding hydrogens is 446 g/mol. The largest absolute Gasteiger partial charge is 0.493 e. The minimum atomic E-state index is -0.736. The number of nitrogens with one attached hydrogen (secondary N) is 1. The van der Waals surface area contributed by atoms with Crippen molar-refractivity contribution in [2.45, 2.75) is 18.9 Å².